The minimum Gasteiger partial charge on any atom is -0.310 e. The van der Waals surface area contributed by atoms with Gasteiger partial charge in [-0.05, 0) is 51.6 Å². The lowest BCUT2D eigenvalue weighted by atomic mass is 9.52. The molecule has 3 nitrogen and oxygen atoms in total. The lowest BCUT2D eigenvalue weighted by Gasteiger charge is -2.50. The monoisotopic (exact) mass is 603 g/mol. The first-order chi connectivity index (χ1) is 23.0. The molecule has 5 unspecified atom stereocenters. The Bertz CT molecular complexity index is 2170. The standard InChI is InChI=1S/C44H33N3/c1-43(2)36-19-8-10-21-39(36)47(40-22-11-9-20-37(40)43)30-23-24-31-32-16-12-17-34-41(28(26-45)27-46)33-15-6-7-18-35(33)44(42(32)34,38(31)25-30)29-13-4-3-5-14-29/h3-25,31,34,38,42H,1-2H3. The molecular weight excluding hydrogens is 571 g/mol. The average molecular weight is 604 g/mol. The van der Waals surface area contributed by atoms with Gasteiger partial charge in [0.2, 0.25) is 0 Å². The second-order valence-electron chi connectivity index (χ2n) is 13.8. The van der Waals surface area contributed by atoms with Crippen molar-refractivity contribution < 1.29 is 0 Å². The van der Waals surface area contributed by atoms with Crippen molar-refractivity contribution in [3.8, 4) is 12.1 Å². The Hall–Kier alpha value is -5.64. The van der Waals surface area contributed by atoms with Crippen LogP contribution in [0.3, 0.4) is 0 Å². The van der Waals surface area contributed by atoms with Crippen molar-refractivity contribution >= 4 is 16.9 Å². The molecule has 1 saturated carbocycles. The van der Waals surface area contributed by atoms with Crippen molar-refractivity contribution in [2.24, 2.45) is 23.7 Å². The Morgan fingerprint density at radius 2 is 1.32 bits per heavy atom. The number of nitriles is 2. The Balaban J connectivity index is 1.35. The lowest BCUT2D eigenvalue weighted by molar-refractivity contribution is 0.298. The van der Waals surface area contributed by atoms with Crippen molar-refractivity contribution in [1.82, 2.24) is 0 Å². The van der Waals surface area contributed by atoms with Gasteiger partial charge in [-0.2, -0.15) is 10.5 Å². The van der Waals surface area contributed by atoms with Gasteiger partial charge >= 0.3 is 0 Å². The summed E-state index contributed by atoms with van der Waals surface area (Å²) >= 11 is 0. The second kappa shape index (κ2) is 9.93. The molecule has 0 bridgehead atoms. The Morgan fingerprint density at radius 3 is 2.00 bits per heavy atom. The van der Waals surface area contributed by atoms with E-state index in [1.807, 2.05) is 6.07 Å². The van der Waals surface area contributed by atoms with Crippen LogP contribution in [-0.2, 0) is 10.8 Å². The predicted molar refractivity (Wildman–Crippen MR) is 187 cm³/mol. The van der Waals surface area contributed by atoms with Crippen LogP contribution in [0.2, 0.25) is 0 Å². The van der Waals surface area contributed by atoms with Crippen molar-refractivity contribution in [2.45, 2.75) is 24.7 Å². The summed E-state index contributed by atoms with van der Waals surface area (Å²) < 4.78 is 0. The zero-order valence-corrected chi connectivity index (χ0v) is 26.4. The number of rotatable bonds is 2. The highest BCUT2D eigenvalue weighted by atomic mass is 15.2. The molecule has 0 aromatic heterocycles. The van der Waals surface area contributed by atoms with Gasteiger partial charge in [-0.3, -0.25) is 0 Å². The maximum atomic E-state index is 10.2. The predicted octanol–water partition coefficient (Wildman–Crippen LogP) is 9.69. The molecule has 0 N–H and O–H groups in total. The third-order valence-corrected chi connectivity index (χ3v) is 11.6. The summed E-state index contributed by atoms with van der Waals surface area (Å²) in [5.41, 5.74) is 11.6. The second-order valence-corrected chi connectivity index (χ2v) is 13.8. The maximum Gasteiger partial charge on any atom is 0.134 e. The number of anilines is 2. The van der Waals surface area contributed by atoms with Gasteiger partial charge in [-0.25, -0.2) is 0 Å². The van der Waals surface area contributed by atoms with Crippen LogP contribution in [0.15, 0.2) is 156 Å². The highest BCUT2D eigenvalue weighted by molar-refractivity contribution is 5.86. The molecule has 1 fully saturated rings. The first-order valence-corrected chi connectivity index (χ1v) is 16.5. The van der Waals surface area contributed by atoms with Crippen LogP contribution >= 0.6 is 0 Å². The van der Waals surface area contributed by atoms with E-state index in [1.54, 1.807) is 0 Å². The Kier molecular flexibility index (Phi) is 5.84. The number of nitrogens with zero attached hydrogens (tertiary/aromatic N) is 3. The van der Waals surface area contributed by atoms with E-state index in [-0.39, 0.29) is 34.7 Å². The maximum absolute atomic E-state index is 10.2. The third-order valence-electron chi connectivity index (χ3n) is 11.6. The van der Waals surface area contributed by atoms with Gasteiger partial charge in [0, 0.05) is 40.2 Å². The van der Waals surface area contributed by atoms with E-state index in [9.17, 15) is 10.5 Å². The van der Waals surface area contributed by atoms with E-state index >= 15 is 0 Å². The van der Waals surface area contributed by atoms with Gasteiger partial charge in [-0.15, -0.1) is 0 Å². The van der Waals surface area contributed by atoms with Crippen molar-refractivity contribution in [1.29, 1.82) is 10.5 Å². The van der Waals surface area contributed by atoms with Crippen molar-refractivity contribution in [3.63, 3.8) is 0 Å². The molecule has 5 atom stereocenters. The molecule has 1 aliphatic heterocycles. The van der Waals surface area contributed by atoms with Gasteiger partial charge in [0.25, 0.3) is 0 Å². The van der Waals surface area contributed by atoms with E-state index in [0.717, 1.165) is 11.1 Å². The minimum atomic E-state index is -0.409. The normalized spacial score (nSPS) is 26.7. The smallest absolute Gasteiger partial charge is 0.134 e. The molecule has 47 heavy (non-hydrogen) atoms. The SMILES string of the molecule is CC1(C)c2ccccc2N(C2=CC3C(C=C2)C2=CC=CC4C(=C(C#N)C#N)c5ccccc5C3(c3ccccc3)C24)c2ccccc21. The number of hydrogen-bond donors (Lipinski definition) is 0. The molecule has 1 heterocycles. The van der Waals surface area contributed by atoms with Gasteiger partial charge in [-0.1, -0.05) is 141 Å². The highest BCUT2D eigenvalue weighted by Crippen LogP contribution is 2.69. The summed E-state index contributed by atoms with van der Waals surface area (Å²) in [4.78, 5) is 2.47. The molecule has 5 aliphatic rings. The topological polar surface area (TPSA) is 50.8 Å². The van der Waals surface area contributed by atoms with Crippen LogP contribution in [0.25, 0.3) is 5.57 Å². The van der Waals surface area contributed by atoms with E-state index in [1.165, 1.54) is 44.9 Å². The van der Waals surface area contributed by atoms with Crippen LogP contribution < -0.4 is 4.90 Å². The summed E-state index contributed by atoms with van der Waals surface area (Å²) in [5, 5.41) is 20.4. The van der Waals surface area contributed by atoms with Gasteiger partial charge in [0.05, 0.1) is 11.4 Å². The Labute approximate surface area is 276 Å². The summed E-state index contributed by atoms with van der Waals surface area (Å²) in [5.74, 6) is 0.246. The van der Waals surface area contributed by atoms with Crippen molar-refractivity contribution in [3.05, 3.63) is 184 Å². The number of benzene rings is 4. The Morgan fingerprint density at radius 1 is 0.702 bits per heavy atom. The molecule has 0 saturated heterocycles. The molecule has 0 radical (unpaired) electrons. The van der Waals surface area contributed by atoms with E-state index < -0.39 is 5.41 Å². The van der Waals surface area contributed by atoms with Crippen LogP contribution in [0.1, 0.15) is 41.7 Å². The molecule has 224 valence electrons. The number of allylic oxidation sites excluding steroid dienone is 9. The summed E-state index contributed by atoms with van der Waals surface area (Å²) in [7, 11) is 0. The fourth-order valence-corrected chi connectivity index (χ4v) is 9.83. The van der Waals surface area contributed by atoms with E-state index in [4.69, 9.17) is 0 Å². The van der Waals surface area contributed by atoms with Gasteiger partial charge < -0.3 is 4.90 Å². The van der Waals surface area contributed by atoms with Gasteiger partial charge in [0.1, 0.15) is 17.7 Å². The third kappa shape index (κ3) is 3.49. The van der Waals surface area contributed by atoms with Crippen LogP contribution in [-0.4, -0.2) is 0 Å². The average Bonchev–Trinajstić information content (AvgIpc) is 3.42. The van der Waals surface area contributed by atoms with Crippen LogP contribution in [0.5, 0.6) is 0 Å². The minimum absolute atomic E-state index is 0.0617. The first kappa shape index (κ1) is 27.7. The summed E-state index contributed by atoms with van der Waals surface area (Å²) in [6.07, 6.45) is 14.0. The van der Waals surface area contributed by atoms with Crippen LogP contribution in [0.4, 0.5) is 11.4 Å². The van der Waals surface area contributed by atoms with Crippen molar-refractivity contribution in [2.75, 3.05) is 4.90 Å². The highest BCUT2D eigenvalue weighted by Gasteiger charge is 2.64. The van der Waals surface area contributed by atoms with E-state index in [0.29, 0.717) is 0 Å². The largest absolute Gasteiger partial charge is 0.310 e. The quantitative estimate of drug-likeness (QED) is 0.214. The molecule has 3 heteroatoms. The molecule has 0 spiro atoms. The molecule has 9 rings (SSSR count). The number of para-hydroxylation sites is 2. The molecule has 4 aromatic carbocycles. The fraction of sp³-hybridized carbons (Fsp3) is 0.182. The zero-order chi connectivity index (χ0) is 31.9. The fourth-order valence-electron chi connectivity index (χ4n) is 9.83. The first-order valence-electron chi connectivity index (χ1n) is 16.5. The number of fused-ring (bicyclic) bond motifs is 7. The molecular formula is C44H33N3. The van der Waals surface area contributed by atoms with E-state index in [2.05, 4.69) is 164 Å². The zero-order valence-electron chi connectivity index (χ0n) is 26.4. The molecule has 0 amide bonds. The number of hydrogen-bond acceptors (Lipinski definition) is 3. The lowest BCUT2D eigenvalue weighted by Crippen LogP contribution is -2.46. The summed E-state index contributed by atoms with van der Waals surface area (Å²) in [6.45, 7) is 4.66. The summed E-state index contributed by atoms with van der Waals surface area (Å²) in [6, 6.07) is 41.7. The van der Waals surface area contributed by atoms with Gasteiger partial charge in [0.15, 0.2) is 0 Å². The molecule has 4 aliphatic carbocycles. The van der Waals surface area contributed by atoms with Crippen LogP contribution in [0, 0.1) is 46.3 Å². The molecule has 4 aromatic rings.